The molecule has 0 aliphatic carbocycles. The minimum atomic E-state index is -1.09. The van der Waals surface area contributed by atoms with E-state index in [1.54, 1.807) is 72.8 Å². The van der Waals surface area contributed by atoms with Crippen molar-refractivity contribution in [1.82, 2.24) is 10.6 Å². The Balaban J connectivity index is 1.44. The van der Waals surface area contributed by atoms with Crippen LogP contribution in [0.4, 0.5) is 20.2 Å². The molecule has 3 amide bonds. The molecule has 4 aromatic rings. The molecular formula is C31H28F2N4O3. The van der Waals surface area contributed by atoms with Crippen molar-refractivity contribution >= 4 is 29.1 Å². The van der Waals surface area contributed by atoms with E-state index in [9.17, 15) is 23.2 Å². The summed E-state index contributed by atoms with van der Waals surface area (Å²) in [6, 6.07) is 24.8. The van der Waals surface area contributed by atoms with Crippen molar-refractivity contribution in [2.75, 3.05) is 11.1 Å². The van der Waals surface area contributed by atoms with Crippen molar-refractivity contribution in [2.24, 2.45) is 5.92 Å². The van der Waals surface area contributed by atoms with Crippen molar-refractivity contribution < 1.29 is 23.2 Å². The number of carbonyl (C=O) groups excluding carboxylic acids is 3. The zero-order chi connectivity index (χ0) is 28.5. The highest BCUT2D eigenvalue weighted by molar-refractivity contribution is 6.05. The molecule has 0 unspecified atom stereocenters. The van der Waals surface area contributed by atoms with Gasteiger partial charge in [0.2, 0.25) is 11.8 Å². The highest BCUT2D eigenvalue weighted by Gasteiger charge is 2.27. The summed E-state index contributed by atoms with van der Waals surface area (Å²) in [5.74, 6) is -3.25. The SMILES string of the molecule is Nc1ccccc1NC(=O)c1ccc(CC(C(=O)NCc2ccc(F)cc2)C(=O)NCc2ccc(F)cc2)cc1. The third-order valence-electron chi connectivity index (χ3n) is 6.26. The number of hydrogen-bond acceptors (Lipinski definition) is 4. The van der Waals surface area contributed by atoms with E-state index in [4.69, 9.17) is 5.73 Å². The first-order valence-electron chi connectivity index (χ1n) is 12.6. The number of nitrogens with two attached hydrogens (primary N) is 1. The highest BCUT2D eigenvalue weighted by Crippen LogP contribution is 2.19. The second-order valence-electron chi connectivity index (χ2n) is 9.18. The molecule has 0 saturated carbocycles. The Bertz CT molecular complexity index is 1410. The molecule has 0 aliphatic heterocycles. The van der Waals surface area contributed by atoms with E-state index in [1.165, 1.54) is 24.3 Å². The second kappa shape index (κ2) is 13.1. The summed E-state index contributed by atoms with van der Waals surface area (Å²) < 4.78 is 26.4. The Hall–Kier alpha value is -5.05. The normalized spacial score (nSPS) is 10.7. The van der Waals surface area contributed by atoms with Gasteiger partial charge in [0, 0.05) is 18.7 Å². The lowest BCUT2D eigenvalue weighted by molar-refractivity contribution is -0.135. The van der Waals surface area contributed by atoms with Gasteiger partial charge < -0.3 is 21.7 Å². The number of hydrogen-bond donors (Lipinski definition) is 4. The molecule has 4 rings (SSSR count). The number of carbonyl (C=O) groups is 3. The summed E-state index contributed by atoms with van der Waals surface area (Å²) >= 11 is 0. The van der Waals surface area contributed by atoms with Crippen LogP contribution in [0.15, 0.2) is 97.1 Å². The maximum absolute atomic E-state index is 13.2. The van der Waals surface area contributed by atoms with Gasteiger partial charge in [0.05, 0.1) is 11.4 Å². The third-order valence-corrected chi connectivity index (χ3v) is 6.26. The minimum Gasteiger partial charge on any atom is -0.397 e. The van der Waals surface area contributed by atoms with E-state index in [0.717, 1.165) is 0 Å². The molecule has 40 heavy (non-hydrogen) atoms. The highest BCUT2D eigenvalue weighted by atomic mass is 19.1. The predicted octanol–water partition coefficient (Wildman–Crippen LogP) is 4.59. The quantitative estimate of drug-likeness (QED) is 0.173. The van der Waals surface area contributed by atoms with Crippen LogP contribution in [0.2, 0.25) is 0 Å². The Morgan fingerprint density at radius 2 is 1.12 bits per heavy atom. The van der Waals surface area contributed by atoms with E-state index in [1.807, 2.05) is 0 Å². The Labute approximate surface area is 230 Å². The minimum absolute atomic E-state index is 0.0675. The first-order valence-corrected chi connectivity index (χ1v) is 12.6. The molecule has 0 bridgehead atoms. The molecule has 4 aromatic carbocycles. The van der Waals surface area contributed by atoms with E-state index < -0.39 is 29.4 Å². The lowest BCUT2D eigenvalue weighted by Crippen LogP contribution is -2.42. The average Bonchev–Trinajstić information content (AvgIpc) is 2.96. The van der Waals surface area contributed by atoms with Crippen LogP contribution in [-0.4, -0.2) is 17.7 Å². The van der Waals surface area contributed by atoms with Crippen molar-refractivity contribution in [1.29, 1.82) is 0 Å². The zero-order valence-electron chi connectivity index (χ0n) is 21.5. The van der Waals surface area contributed by atoms with Crippen LogP contribution in [0, 0.1) is 17.6 Å². The molecule has 0 heterocycles. The first kappa shape index (κ1) is 28.0. The monoisotopic (exact) mass is 542 g/mol. The van der Waals surface area contributed by atoms with Crippen LogP contribution in [-0.2, 0) is 29.1 Å². The van der Waals surface area contributed by atoms with Crippen LogP contribution in [0.1, 0.15) is 27.0 Å². The average molecular weight is 543 g/mol. The molecule has 7 nitrogen and oxygen atoms in total. The smallest absolute Gasteiger partial charge is 0.255 e. The molecule has 0 saturated heterocycles. The number of amides is 3. The van der Waals surface area contributed by atoms with Crippen LogP contribution in [0.25, 0.3) is 0 Å². The maximum atomic E-state index is 13.2. The molecule has 0 fully saturated rings. The Morgan fingerprint density at radius 1 is 0.650 bits per heavy atom. The van der Waals surface area contributed by atoms with Crippen molar-refractivity contribution in [3.63, 3.8) is 0 Å². The number of rotatable bonds is 10. The van der Waals surface area contributed by atoms with Gasteiger partial charge in [-0.2, -0.15) is 0 Å². The molecule has 0 aromatic heterocycles. The molecular weight excluding hydrogens is 514 g/mol. The second-order valence-corrected chi connectivity index (χ2v) is 9.18. The van der Waals surface area contributed by atoms with Crippen molar-refractivity contribution in [2.45, 2.75) is 19.5 Å². The molecule has 9 heteroatoms. The topological polar surface area (TPSA) is 113 Å². The van der Waals surface area contributed by atoms with Gasteiger partial charge in [0.1, 0.15) is 17.6 Å². The summed E-state index contributed by atoms with van der Waals surface area (Å²) in [7, 11) is 0. The van der Waals surface area contributed by atoms with E-state index >= 15 is 0 Å². The van der Waals surface area contributed by atoms with E-state index in [2.05, 4.69) is 16.0 Å². The third kappa shape index (κ3) is 7.73. The Morgan fingerprint density at radius 3 is 1.62 bits per heavy atom. The van der Waals surface area contributed by atoms with E-state index in [0.29, 0.717) is 33.6 Å². The van der Waals surface area contributed by atoms with Crippen LogP contribution in [0.5, 0.6) is 0 Å². The fraction of sp³-hybridized carbons (Fsp3) is 0.129. The summed E-state index contributed by atoms with van der Waals surface area (Å²) in [5, 5.41) is 8.24. The molecule has 0 radical (unpaired) electrons. The van der Waals surface area contributed by atoms with E-state index in [-0.39, 0.29) is 25.4 Å². The fourth-order valence-corrected chi connectivity index (χ4v) is 3.97. The first-order chi connectivity index (χ1) is 19.3. The summed E-state index contributed by atoms with van der Waals surface area (Å²) in [6.07, 6.45) is 0.0675. The van der Waals surface area contributed by atoms with Crippen molar-refractivity contribution in [3.05, 3.63) is 131 Å². The zero-order valence-corrected chi connectivity index (χ0v) is 21.5. The van der Waals surface area contributed by atoms with Gasteiger partial charge in [-0.15, -0.1) is 0 Å². The standard InChI is InChI=1S/C31H28F2N4O3/c32-24-13-7-21(8-14-24)18-35-30(39)26(31(40)36-19-22-9-15-25(33)16-10-22)17-20-5-11-23(12-6-20)29(38)37-28-4-2-1-3-27(28)34/h1-16,26H,17-19,34H2,(H,35,39)(H,36,40)(H,37,38). The molecule has 0 atom stereocenters. The van der Waals surface area contributed by atoms with Gasteiger partial charge in [-0.3, -0.25) is 14.4 Å². The van der Waals surface area contributed by atoms with Gasteiger partial charge in [0.25, 0.3) is 5.91 Å². The molecule has 5 N–H and O–H groups in total. The number of nitrogens with one attached hydrogen (secondary N) is 3. The van der Waals surface area contributed by atoms with Gasteiger partial charge in [0.15, 0.2) is 0 Å². The lowest BCUT2D eigenvalue weighted by Gasteiger charge is -2.17. The largest absolute Gasteiger partial charge is 0.397 e. The van der Waals surface area contributed by atoms with Gasteiger partial charge in [-0.05, 0) is 71.6 Å². The predicted molar refractivity (Wildman–Crippen MR) is 149 cm³/mol. The van der Waals surface area contributed by atoms with Gasteiger partial charge in [-0.25, -0.2) is 8.78 Å². The summed E-state index contributed by atoms with van der Waals surface area (Å²) in [6.45, 7) is 0.227. The number of halogens is 2. The summed E-state index contributed by atoms with van der Waals surface area (Å²) in [5.41, 5.74) is 9.22. The van der Waals surface area contributed by atoms with Gasteiger partial charge in [-0.1, -0.05) is 48.5 Å². The Kier molecular flexibility index (Phi) is 9.19. The molecule has 0 spiro atoms. The van der Waals surface area contributed by atoms with Crippen molar-refractivity contribution in [3.8, 4) is 0 Å². The number of nitrogen functional groups attached to an aromatic ring is 1. The van der Waals surface area contributed by atoms with Gasteiger partial charge >= 0.3 is 0 Å². The maximum Gasteiger partial charge on any atom is 0.255 e. The number of benzene rings is 4. The fourth-order valence-electron chi connectivity index (χ4n) is 3.97. The van der Waals surface area contributed by atoms with Crippen LogP contribution < -0.4 is 21.7 Å². The summed E-state index contributed by atoms with van der Waals surface area (Å²) in [4.78, 5) is 38.9. The van der Waals surface area contributed by atoms with Crippen LogP contribution >= 0.6 is 0 Å². The lowest BCUT2D eigenvalue weighted by atomic mass is 9.96. The number of anilines is 2. The molecule has 204 valence electrons. The number of para-hydroxylation sites is 2. The molecule has 0 aliphatic rings. The van der Waals surface area contributed by atoms with Crippen LogP contribution in [0.3, 0.4) is 0 Å².